The van der Waals surface area contributed by atoms with Gasteiger partial charge in [-0.3, -0.25) is 4.79 Å². The van der Waals surface area contributed by atoms with Gasteiger partial charge in [0.15, 0.2) is 0 Å². The van der Waals surface area contributed by atoms with Gasteiger partial charge in [-0.25, -0.2) is 9.78 Å². The monoisotopic (exact) mass is 253 g/mol. The molecule has 7 heteroatoms. The Morgan fingerprint density at radius 2 is 2.33 bits per heavy atom. The van der Waals surface area contributed by atoms with Crippen LogP contribution in [0.15, 0.2) is 18.3 Å². The third kappa shape index (κ3) is 4.02. The zero-order valence-corrected chi connectivity index (χ0v) is 9.92. The minimum Gasteiger partial charge on any atom is -0.480 e. The number of anilines is 1. The summed E-state index contributed by atoms with van der Waals surface area (Å²) in [5.41, 5.74) is 5.39. The van der Waals surface area contributed by atoms with Crippen molar-refractivity contribution in [3.8, 4) is 0 Å². The molecule has 1 amide bonds. The summed E-state index contributed by atoms with van der Waals surface area (Å²) in [5, 5.41) is 11.7. The van der Waals surface area contributed by atoms with E-state index in [9.17, 15) is 9.59 Å². The highest BCUT2D eigenvalue weighted by Crippen LogP contribution is 2.09. The third-order valence-corrected chi connectivity index (χ3v) is 2.28. The smallest absolute Gasteiger partial charge is 0.326 e. The summed E-state index contributed by atoms with van der Waals surface area (Å²) in [6, 6.07) is 2.03. The molecule has 1 heterocycles. The van der Waals surface area contributed by atoms with Gasteiger partial charge in [-0.2, -0.15) is 0 Å². The number of rotatable bonds is 7. The summed E-state index contributed by atoms with van der Waals surface area (Å²) in [4.78, 5) is 25.9. The molecule has 0 radical (unpaired) electrons. The number of carbonyl (C=O) groups excluding carboxylic acids is 1. The second-order valence-electron chi connectivity index (χ2n) is 3.61. The molecular weight excluding hydrogens is 238 g/mol. The molecule has 0 bridgehead atoms. The topological polar surface area (TPSA) is 115 Å². The zero-order valence-electron chi connectivity index (χ0n) is 9.92. The lowest BCUT2D eigenvalue weighted by atomic mass is 10.2. The molecule has 1 aromatic heterocycles. The summed E-state index contributed by atoms with van der Waals surface area (Å²) in [6.07, 6.45) is 1.67. The summed E-state index contributed by atoms with van der Waals surface area (Å²) >= 11 is 0. The average Bonchev–Trinajstić information content (AvgIpc) is 2.34. The summed E-state index contributed by atoms with van der Waals surface area (Å²) in [6.45, 7) is 0.305. The number of nitrogens with zero attached hydrogens (tertiary/aromatic N) is 1. The molecule has 1 unspecified atom stereocenters. The van der Waals surface area contributed by atoms with E-state index in [1.165, 1.54) is 25.4 Å². The fourth-order valence-corrected chi connectivity index (χ4v) is 1.33. The second kappa shape index (κ2) is 6.55. The maximum absolute atomic E-state index is 11.0. The Hall–Kier alpha value is -2.15. The van der Waals surface area contributed by atoms with Gasteiger partial charge in [-0.05, 0) is 12.1 Å². The summed E-state index contributed by atoms with van der Waals surface area (Å²) in [5.74, 6) is -1.32. The first kappa shape index (κ1) is 13.9. The molecular formula is C11H15N3O4. The number of ether oxygens (including phenoxy) is 1. The number of primary amides is 1. The SMILES string of the molecule is COCCC(Nc1cc(C(N)=O)ccn1)C(=O)O. The standard InChI is InChI=1S/C11H15N3O4/c1-18-5-3-8(11(16)17)14-9-6-7(10(12)15)2-4-13-9/h2,4,6,8H,3,5H2,1H3,(H2,12,15)(H,13,14)(H,16,17). The van der Waals surface area contributed by atoms with Crippen LogP contribution < -0.4 is 11.1 Å². The van der Waals surface area contributed by atoms with E-state index in [0.29, 0.717) is 6.61 Å². The van der Waals surface area contributed by atoms with Crippen LogP contribution in [0.2, 0.25) is 0 Å². The van der Waals surface area contributed by atoms with E-state index in [1.54, 1.807) is 0 Å². The molecule has 7 nitrogen and oxygen atoms in total. The fourth-order valence-electron chi connectivity index (χ4n) is 1.33. The van der Waals surface area contributed by atoms with Crippen molar-refractivity contribution < 1.29 is 19.4 Å². The van der Waals surface area contributed by atoms with Crippen molar-refractivity contribution in [2.24, 2.45) is 5.73 Å². The summed E-state index contributed by atoms with van der Waals surface area (Å²) in [7, 11) is 1.49. The van der Waals surface area contributed by atoms with Gasteiger partial charge >= 0.3 is 5.97 Å². The molecule has 4 N–H and O–H groups in total. The Morgan fingerprint density at radius 1 is 1.61 bits per heavy atom. The van der Waals surface area contributed by atoms with Gasteiger partial charge in [0, 0.05) is 31.9 Å². The Kier molecular flexibility index (Phi) is 5.06. The van der Waals surface area contributed by atoms with E-state index in [0.717, 1.165) is 0 Å². The Balaban J connectivity index is 2.77. The van der Waals surface area contributed by atoms with Crippen molar-refractivity contribution in [3.05, 3.63) is 23.9 Å². The minimum absolute atomic E-state index is 0.267. The van der Waals surface area contributed by atoms with E-state index in [2.05, 4.69) is 10.3 Å². The number of pyridine rings is 1. The van der Waals surface area contributed by atoms with Crippen molar-refractivity contribution in [1.82, 2.24) is 4.98 Å². The largest absolute Gasteiger partial charge is 0.480 e. The minimum atomic E-state index is -1.02. The third-order valence-electron chi connectivity index (χ3n) is 2.28. The van der Waals surface area contributed by atoms with Gasteiger partial charge in [0.05, 0.1) is 0 Å². The Morgan fingerprint density at radius 3 is 2.89 bits per heavy atom. The number of amides is 1. The number of nitrogens with two attached hydrogens (primary N) is 1. The number of carbonyl (C=O) groups is 2. The lowest BCUT2D eigenvalue weighted by Gasteiger charge is -2.14. The van der Waals surface area contributed by atoms with Gasteiger partial charge in [-0.15, -0.1) is 0 Å². The van der Waals surface area contributed by atoms with Gasteiger partial charge in [0.2, 0.25) is 5.91 Å². The predicted molar refractivity (Wildman–Crippen MR) is 64.3 cm³/mol. The molecule has 98 valence electrons. The molecule has 0 aliphatic heterocycles. The lowest BCUT2D eigenvalue weighted by Crippen LogP contribution is -2.31. The van der Waals surface area contributed by atoms with E-state index >= 15 is 0 Å². The van der Waals surface area contributed by atoms with Crippen LogP contribution in [0.5, 0.6) is 0 Å². The molecule has 1 rings (SSSR count). The average molecular weight is 253 g/mol. The van der Waals surface area contributed by atoms with Crippen LogP contribution >= 0.6 is 0 Å². The lowest BCUT2D eigenvalue weighted by molar-refractivity contribution is -0.138. The predicted octanol–water partition coefficient (Wildman–Crippen LogP) is 0.0821. The maximum Gasteiger partial charge on any atom is 0.326 e. The van der Waals surface area contributed by atoms with E-state index < -0.39 is 17.9 Å². The number of hydrogen-bond acceptors (Lipinski definition) is 5. The number of hydrogen-bond donors (Lipinski definition) is 3. The second-order valence-corrected chi connectivity index (χ2v) is 3.61. The van der Waals surface area contributed by atoms with Crippen molar-refractivity contribution in [2.75, 3.05) is 19.0 Å². The van der Waals surface area contributed by atoms with Gasteiger partial charge < -0.3 is 20.9 Å². The first-order chi connectivity index (χ1) is 8.54. The van der Waals surface area contributed by atoms with Crippen molar-refractivity contribution in [1.29, 1.82) is 0 Å². The van der Waals surface area contributed by atoms with E-state index in [1.807, 2.05) is 0 Å². The molecule has 0 spiro atoms. The first-order valence-electron chi connectivity index (χ1n) is 5.28. The number of nitrogens with one attached hydrogen (secondary N) is 1. The quantitative estimate of drug-likeness (QED) is 0.634. The number of carboxylic acids is 1. The van der Waals surface area contributed by atoms with Crippen molar-refractivity contribution in [2.45, 2.75) is 12.5 Å². The number of carboxylic acid groups (broad SMARTS) is 1. The van der Waals surface area contributed by atoms with Crippen LogP contribution in [0.1, 0.15) is 16.8 Å². The maximum atomic E-state index is 11.0. The molecule has 18 heavy (non-hydrogen) atoms. The molecule has 0 aliphatic carbocycles. The molecule has 1 atom stereocenters. The van der Waals surface area contributed by atoms with E-state index in [4.69, 9.17) is 15.6 Å². The van der Waals surface area contributed by atoms with Crippen LogP contribution in [-0.4, -0.2) is 41.7 Å². The molecule has 0 fully saturated rings. The molecule has 1 aromatic rings. The normalized spacial score (nSPS) is 11.8. The number of aliphatic carboxylic acids is 1. The molecule has 0 saturated carbocycles. The molecule has 0 aliphatic rings. The fraction of sp³-hybridized carbons (Fsp3) is 0.364. The van der Waals surface area contributed by atoms with Crippen LogP contribution in [0.4, 0.5) is 5.82 Å². The van der Waals surface area contributed by atoms with Crippen LogP contribution in [0.3, 0.4) is 0 Å². The van der Waals surface area contributed by atoms with Gasteiger partial charge in [0.25, 0.3) is 0 Å². The van der Waals surface area contributed by atoms with Crippen molar-refractivity contribution >= 4 is 17.7 Å². The Bertz CT molecular complexity index is 436. The molecule has 0 aromatic carbocycles. The summed E-state index contributed by atoms with van der Waals surface area (Å²) < 4.78 is 4.82. The van der Waals surface area contributed by atoms with Gasteiger partial charge in [0.1, 0.15) is 11.9 Å². The first-order valence-corrected chi connectivity index (χ1v) is 5.28. The Labute approximate surface area is 104 Å². The van der Waals surface area contributed by atoms with Gasteiger partial charge in [-0.1, -0.05) is 0 Å². The van der Waals surface area contributed by atoms with Crippen LogP contribution in [-0.2, 0) is 9.53 Å². The van der Waals surface area contributed by atoms with E-state index in [-0.39, 0.29) is 17.8 Å². The zero-order chi connectivity index (χ0) is 13.5. The number of aromatic nitrogens is 1. The molecule has 0 saturated heterocycles. The highest BCUT2D eigenvalue weighted by Gasteiger charge is 2.17. The van der Waals surface area contributed by atoms with Crippen LogP contribution in [0.25, 0.3) is 0 Å². The highest BCUT2D eigenvalue weighted by atomic mass is 16.5. The highest BCUT2D eigenvalue weighted by molar-refractivity contribution is 5.93. The van der Waals surface area contributed by atoms with Crippen LogP contribution in [0, 0.1) is 0 Å². The van der Waals surface area contributed by atoms with Crippen molar-refractivity contribution in [3.63, 3.8) is 0 Å². The number of methoxy groups -OCH3 is 1.